The third-order valence-electron chi connectivity index (χ3n) is 2.86. The Bertz CT molecular complexity index is 557. The number of amides is 1. The number of rotatable bonds is 1. The van der Waals surface area contributed by atoms with Crippen LogP contribution in [-0.2, 0) is 13.1 Å². The largest absolute Gasteiger partial charge is 0.397 e. The Morgan fingerprint density at radius 2 is 2.35 bits per heavy atom. The minimum absolute atomic E-state index is 0.0593. The highest BCUT2D eigenvalue weighted by molar-refractivity contribution is 5.93. The summed E-state index contributed by atoms with van der Waals surface area (Å²) in [5.74, 6) is 0.750. The van der Waals surface area contributed by atoms with Gasteiger partial charge < -0.3 is 20.2 Å². The van der Waals surface area contributed by atoms with Crippen molar-refractivity contribution in [2.24, 2.45) is 0 Å². The minimum atomic E-state index is -0.0593. The molecule has 17 heavy (non-hydrogen) atoms. The van der Waals surface area contributed by atoms with Crippen LogP contribution in [0.25, 0.3) is 0 Å². The second kappa shape index (κ2) is 3.62. The van der Waals surface area contributed by atoms with E-state index < -0.39 is 0 Å². The molecule has 0 unspecified atom stereocenters. The summed E-state index contributed by atoms with van der Waals surface area (Å²) in [6, 6.07) is 1.64. The van der Waals surface area contributed by atoms with Gasteiger partial charge in [-0.15, -0.1) is 10.2 Å². The molecule has 0 aromatic carbocycles. The number of hydrogen-bond donors (Lipinski definition) is 2. The van der Waals surface area contributed by atoms with Gasteiger partial charge in [-0.05, 0) is 6.07 Å². The van der Waals surface area contributed by atoms with E-state index in [1.807, 2.05) is 4.57 Å². The zero-order chi connectivity index (χ0) is 11.8. The number of H-pyrrole nitrogens is 1. The zero-order valence-electron chi connectivity index (χ0n) is 9.13. The average Bonchev–Trinajstić information content (AvgIpc) is 2.95. The lowest BCUT2D eigenvalue weighted by Crippen LogP contribution is -2.38. The summed E-state index contributed by atoms with van der Waals surface area (Å²) in [6.45, 7) is 1.87. The molecule has 1 amide bonds. The highest BCUT2D eigenvalue weighted by atomic mass is 16.2. The molecule has 88 valence electrons. The average molecular weight is 232 g/mol. The molecule has 0 atom stereocenters. The van der Waals surface area contributed by atoms with Crippen LogP contribution in [0.2, 0.25) is 0 Å². The number of hydrogen-bond acceptors (Lipinski definition) is 4. The molecule has 0 saturated carbocycles. The van der Waals surface area contributed by atoms with Crippen LogP contribution >= 0.6 is 0 Å². The van der Waals surface area contributed by atoms with Crippen molar-refractivity contribution in [1.82, 2.24) is 24.6 Å². The van der Waals surface area contributed by atoms with E-state index >= 15 is 0 Å². The van der Waals surface area contributed by atoms with Gasteiger partial charge in [0, 0.05) is 25.0 Å². The number of aromatic nitrogens is 4. The summed E-state index contributed by atoms with van der Waals surface area (Å²) in [7, 11) is 0. The maximum Gasteiger partial charge on any atom is 0.270 e. The van der Waals surface area contributed by atoms with Gasteiger partial charge in [-0.3, -0.25) is 4.79 Å². The molecule has 1 aliphatic heterocycles. The normalized spacial score (nSPS) is 14.7. The van der Waals surface area contributed by atoms with E-state index in [9.17, 15) is 4.79 Å². The van der Waals surface area contributed by atoms with E-state index in [-0.39, 0.29) is 5.91 Å². The van der Waals surface area contributed by atoms with Crippen molar-refractivity contribution in [3.8, 4) is 0 Å². The summed E-state index contributed by atoms with van der Waals surface area (Å²) in [5, 5.41) is 7.79. The Balaban J connectivity index is 1.81. The van der Waals surface area contributed by atoms with E-state index in [0.717, 1.165) is 12.4 Å². The molecule has 0 bridgehead atoms. The van der Waals surface area contributed by atoms with E-state index in [1.165, 1.54) is 0 Å². The minimum Gasteiger partial charge on any atom is -0.397 e. The first kappa shape index (κ1) is 9.88. The number of carbonyl (C=O) groups excluding carboxylic acids is 1. The Morgan fingerprint density at radius 3 is 3.12 bits per heavy atom. The second-order valence-electron chi connectivity index (χ2n) is 4.01. The topological polar surface area (TPSA) is 92.8 Å². The predicted octanol–water partition coefficient (Wildman–Crippen LogP) is -0.156. The van der Waals surface area contributed by atoms with Crippen LogP contribution in [0.1, 0.15) is 16.3 Å². The van der Waals surface area contributed by atoms with E-state index in [2.05, 4.69) is 15.2 Å². The molecule has 0 fully saturated rings. The number of carbonyl (C=O) groups is 1. The van der Waals surface area contributed by atoms with Gasteiger partial charge in [-0.1, -0.05) is 0 Å². The molecule has 7 heteroatoms. The maximum atomic E-state index is 12.1. The molecular formula is C10H12N6O. The number of nitrogens with one attached hydrogen (secondary N) is 1. The molecule has 0 radical (unpaired) electrons. The molecule has 0 aliphatic carbocycles. The van der Waals surface area contributed by atoms with Gasteiger partial charge in [0.05, 0.1) is 6.54 Å². The first-order valence-corrected chi connectivity index (χ1v) is 5.34. The third-order valence-corrected chi connectivity index (χ3v) is 2.86. The number of aromatic amines is 1. The molecular weight excluding hydrogens is 220 g/mol. The third kappa shape index (κ3) is 1.65. The Kier molecular flexibility index (Phi) is 2.10. The van der Waals surface area contributed by atoms with Crippen LogP contribution in [0.15, 0.2) is 18.6 Å². The van der Waals surface area contributed by atoms with Crippen LogP contribution in [0, 0.1) is 0 Å². The Hall–Kier alpha value is -2.31. The fourth-order valence-corrected chi connectivity index (χ4v) is 1.94. The maximum absolute atomic E-state index is 12.1. The number of nitrogens with zero attached hydrogens (tertiary/aromatic N) is 4. The first-order valence-electron chi connectivity index (χ1n) is 5.34. The first-order chi connectivity index (χ1) is 8.24. The standard InChI is InChI=1S/C10H12N6O/c11-7-3-8(12-4-7)10(17)15-1-2-16-6-13-14-9(16)5-15/h3-4,6,12H,1-2,5,11H2. The van der Waals surface area contributed by atoms with Crippen LogP contribution in [0.3, 0.4) is 0 Å². The molecule has 3 heterocycles. The second-order valence-corrected chi connectivity index (χ2v) is 4.01. The summed E-state index contributed by atoms with van der Waals surface area (Å²) in [6.07, 6.45) is 3.30. The van der Waals surface area contributed by atoms with Crippen molar-refractivity contribution in [2.45, 2.75) is 13.1 Å². The lowest BCUT2D eigenvalue weighted by Gasteiger charge is -2.26. The zero-order valence-corrected chi connectivity index (χ0v) is 9.13. The number of anilines is 1. The van der Waals surface area contributed by atoms with E-state index in [1.54, 1.807) is 23.5 Å². The predicted molar refractivity (Wildman–Crippen MR) is 60.0 cm³/mol. The smallest absolute Gasteiger partial charge is 0.270 e. The van der Waals surface area contributed by atoms with Gasteiger partial charge >= 0.3 is 0 Å². The fourth-order valence-electron chi connectivity index (χ4n) is 1.94. The van der Waals surface area contributed by atoms with Crippen LogP contribution in [-0.4, -0.2) is 37.1 Å². The van der Waals surface area contributed by atoms with Crippen molar-refractivity contribution < 1.29 is 4.79 Å². The van der Waals surface area contributed by atoms with Crippen molar-refractivity contribution in [3.63, 3.8) is 0 Å². The van der Waals surface area contributed by atoms with Gasteiger partial charge in [0.25, 0.3) is 5.91 Å². The van der Waals surface area contributed by atoms with Crippen LogP contribution in [0.5, 0.6) is 0 Å². The Morgan fingerprint density at radius 1 is 1.47 bits per heavy atom. The molecule has 0 spiro atoms. The van der Waals surface area contributed by atoms with E-state index in [0.29, 0.717) is 24.5 Å². The van der Waals surface area contributed by atoms with Gasteiger partial charge in [0.15, 0.2) is 5.82 Å². The monoisotopic (exact) mass is 232 g/mol. The highest BCUT2D eigenvalue weighted by Gasteiger charge is 2.23. The van der Waals surface area contributed by atoms with Gasteiger partial charge in [-0.25, -0.2) is 0 Å². The summed E-state index contributed by atoms with van der Waals surface area (Å²) in [5.41, 5.74) is 6.65. The van der Waals surface area contributed by atoms with E-state index in [4.69, 9.17) is 5.73 Å². The molecule has 1 aliphatic rings. The van der Waals surface area contributed by atoms with Crippen molar-refractivity contribution in [2.75, 3.05) is 12.3 Å². The van der Waals surface area contributed by atoms with Gasteiger partial charge in [0.1, 0.15) is 12.0 Å². The number of fused-ring (bicyclic) bond motifs is 1. The lowest BCUT2D eigenvalue weighted by molar-refractivity contribution is 0.0702. The molecule has 7 nitrogen and oxygen atoms in total. The quantitative estimate of drug-likeness (QED) is 0.714. The molecule has 2 aromatic heterocycles. The molecule has 2 aromatic rings. The van der Waals surface area contributed by atoms with Crippen molar-refractivity contribution in [3.05, 3.63) is 30.1 Å². The Labute approximate surface area is 97.2 Å². The lowest BCUT2D eigenvalue weighted by atomic mass is 10.3. The van der Waals surface area contributed by atoms with Crippen molar-refractivity contribution >= 4 is 11.6 Å². The number of nitrogens with two attached hydrogens (primary N) is 1. The fraction of sp³-hybridized carbons (Fsp3) is 0.300. The van der Waals surface area contributed by atoms with Crippen molar-refractivity contribution in [1.29, 1.82) is 0 Å². The summed E-state index contributed by atoms with van der Waals surface area (Å²) < 4.78 is 1.95. The highest BCUT2D eigenvalue weighted by Crippen LogP contribution is 2.14. The summed E-state index contributed by atoms with van der Waals surface area (Å²) in [4.78, 5) is 16.7. The summed E-state index contributed by atoms with van der Waals surface area (Å²) >= 11 is 0. The number of nitrogen functional groups attached to an aromatic ring is 1. The van der Waals surface area contributed by atoms with Crippen LogP contribution in [0.4, 0.5) is 5.69 Å². The molecule has 0 saturated heterocycles. The van der Waals surface area contributed by atoms with Gasteiger partial charge in [-0.2, -0.15) is 0 Å². The molecule has 3 rings (SSSR count). The van der Waals surface area contributed by atoms with Gasteiger partial charge in [0.2, 0.25) is 0 Å². The SMILES string of the molecule is Nc1c[nH]c(C(=O)N2CCn3cnnc3C2)c1. The van der Waals surface area contributed by atoms with Crippen LogP contribution < -0.4 is 5.73 Å². The molecule has 3 N–H and O–H groups in total.